The van der Waals surface area contributed by atoms with Gasteiger partial charge in [-0.3, -0.25) is 10.1 Å². The summed E-state index contributed by atoms with van der Waals surface area (Å²) in [5.74, 6) is 1.23. The smallest absolute Gasteiger partial charge is 0.423 e. The summed E-state index contributed by atoms with van der Waals surface area (Å²) in [6, 6.07) is 3.22. The zero-order valence-corrected chi connectivity index (χ0v) is 26.2. The summed E-state index contributed by atoms with van der Waals surface area (Å²) in [5, 5.41) is 11.0. The van der Waals surface area contributed by atoms with Crippen molar-refractivity contribution in [3.8, 4) is 0 Å². The van der Waals surface area contributed by atoms with E-state index in [0.29, 0.717) is 23.3 Å². The summed E-state index contributed by atoms with van der Waals surface area (Å²) in [4.78, 5) is 12.5. The van der Waals surface area contributed by atoms with Crippen LogP contribution in [-0.2, 0) is 17.3 Å². The molecule has 1 saturated carbocycles. The van der Waals surface area contributed by atoms with Gasteiger partial charge in [0.15, 0.2) is 0 Å². The second-order valence-corrected chi connectivity index (χ2v) is 13.3. The number of allylic oxidation sites excluding steroid dienone is 6. The van der Waals surface area contributed by atoms with Crippen LogP contribution in [0.25, 0.3) is 0 Å². The molecule has 1 aromatic carbocycles. The molecule has 0 atom stereocenters. The first-order valence-electron chi connectivity index (χ1n) is 15.8. The minimum Gasteiger partial charge on any atom is -0.491 e. The van der Waals surface area contributed by atoms with Crippen molar-refractivity contribution in [2.75, 3.05) is 13.1 Å². The number of rotatable bonds is 8. The summed E-state index contributed by atoms with van der Waals surface area (Å²) in [5.41, 5.74) is 4.61. The maximum atomic E-state index is 13.3. The van der Waals surface area contributed by atoms with Gasteiger partial charge < -0.3 is 9.64 Å². The Morgan fingerprint density at radius 3 is 2.59 bits per heavy atom. The molecule has 0 aromatic heterocycles. The van der Waals surface area contributed by atoms with E-state index >= 15 is 0 Å². The zero-order valence-electron chi connectivity index (χ0n) is 26.2. The molecular formula is C36H45F3N2O3. The predicted molar refractivity (Wildman–Crippen MR) is 169 cm³/mol. The fourth-order valence-corrected chi connectivity index (χ4v) is 5.91. The fourth-order valence-electron chi connectivity index (χ4n) is 5.91. The number of halogens is 3. The first kappa shape index (κ1) is 33.4. The third kappa shape index (κ3) is 10.3. The molecular weight excluding hydrogens is 565 g/mol. The van der Waals surface area contributed by atoms with E-state index in [-0.39, 0.29) is 6.10 Å². The lowest BCUT2D eigenvalue weighted by atomic mass is 9.87. The van der Waals surface area contributed by atoms with Crippen LogP contribution in [0.2, 0.25) is 0 Å². The second kappa shape index (κ2) is 15.0. The van der Waals surface area contributed by atoms with E-state index in [1.165, 1.54) is 6.07 Å². The Labute approximate surface area is 259 Å². The Morgan fingerprint density at radius 2 is 1.89 bits per heavy atom. The van der Waals surface area contributed by atoms with Gasteiger partial charge >= 0.3 is 6.18 Å². The van der Waals surface area contributed by atoms with Crippen LogP contribution in [0, 0.1) is 21.4 Å². The normalized spacial score (nSPS) is 25.1. The van der Waals surface area contributed by atoms with Crippen LogP contribution in [0.5, 0.6) is 0 Å². The van der Waals surface area contributed by atoms with E-state index in [4.69, 9.17) is 4.74 Å². The average molecular weight is 611 g/mol. The van der Waals surface area contributed by atoms with Crippen LogP contribution in [-0.4, -0.2) is 29.0 Å². The monoisotopic (exact) mass is 610 g/mol. The summed E-state index contributed by atoms with van der Waals surface area (Å²) in [7, 11) is 0. The van der Waals surface area contributed by atoms with Gasteiger partial charge in [0, 0.05) is 37.0 Å². The molecule has 5 nitrogen and oxygen atoms in total. The lowest BCUT2D eigenvalue weighted by Crippen LogP contribution is -2.24. The molecule has 0 N–H and O–H groups in total. The molecule has 0 amide bonds. The van der Waals surface area contributed by atoms with Crippen molar-refractivity contribution in [2.45, 2.75) is 97.3 Å². The Hall–Kier alpha value is -3.51. The number of nitro groups is 1. The second-order valence-electron chi connectivity index (χ2n) is 13.3. The van der Waals surface area contributed by atoms with Crippen LogP contribution < -0.4 is 0 Å². The number of likely N-dealkylation sites (tertiary alicyclic amines) is 1. The van der Waals surface area contributed by atoms with Crippen molar-refractivity contribution in [2.24, 2.45) is 11.3 Å². The topological polar surface area (TPSA) is 55.6 Å². The van der Waals surface area contributed by atoms with E-state index < -0.39 is 22.4 Å². The fraction of sp³-hybridized carbons (Fsp3) is 0.528. The van der Waals surface area contributed by atoms with Gasteiger partial charge in [-0.05, 0) is 99.3 Å². The average Bonchev–Trinajstić information content (AvgIpc) is 3.19. The van der Waals surface area contributed by atoms with E-state index in [9.17, 15) is 23.3 Å². The Kier molecular flexibility index (Phi) is 11.4. The molecule has 1 aliphatic heterocycles. The van der Waals surface area contributed by atoms with Crippen molar-refractivity contribution in [1.82, 2.24) is 4.90 Å². The summed E-state index contributed by atoms with van der Waals surface area (Å²) in [6.07, 6.45) is 19.4. The van der Waals surface area contributed by atoms with Gasteiger partial charge in [-0.15, -0.1) is 5.73 Å². The predicted octanol–water partition coefficient (Wildman–Crippen LogP) is 10.0. The lowest BCUT2D eigenvalue weighted by Gasteiger charge is -2.29. The van der Waals surface area contributed by atoms with Crippen LogP contribution in [0.4, 0.5) is 18.9 Å². The molecule has 8 heteroatoms. The minimum absolute atomic E-state index is 0.121. The number of hydrogen-bond donors (Lipinski definition) is 0. The number of benzene rings is 1. The Balaban J connectivity index is 1.30. The maximum Gasteiger partial charge on any atom is 0.423 e. The Bertz CT molecular complexity index is 1350. The molecule has 238 valence electrons. The summed E-state index contributed by atoms with van der Waals surface area (Å²) < 4.78 is 46.4. The molecule has 2 aliphatic carbocycles. The summed E-state index contributed by atoms with van der Waals surface area (Å²) >= 11 is 0. The van der Waals surface area contributed by atoms with Crippen LogP contribution in [0.3, 0.4) is 0 Å². The number of nitro benzene ring substituents is 1. The van der Waals surface area contributed by atoms with Gasteiger partial charge in [0.2, 0.25) is 0 Å². The van der Waals surface area contributed by atoms with Crippen LogP contribution in [0.1, 0.15) is 89.7 Å². The quantitative estimate of drug-likeness (QED) is 0.127. The van der Waals surface area contributed by atoms with Crippen molar-refractivity contribution < 1.29 is 22.8 Å². The molecule has 0 spiro atoms. The largest absolute Gasteiger partial charge is 0.491 e. The van der Waals surface area contributed by atoms with E-state index in [1.807, 2.05) is 12.2 Å². The minimum atomic E-state index is -4.77. The highest BCUT2D eigenvalue weighted by Gasteiger charge is 2.38. The maximum absolute atomic E-state index is 13.3. The summed E-state index contributed by atoms with van der Waals surface area (Å²) in [6.45, 7) is 8.85. The number of ether oxygens (including phenoxy) is 1. The van der Waals surface area contributed by atoms with Crippen LogP contribution in [0.15, 0.2) is 83.5 Å². The molecule has 1 heterocycles. The van der Waals surface area contributed by atoms with Gasteiger partial charge in [-0.2, -0.15) is 13.2 Å². The first-order valence-corrected chi connectivity index (χ1v) is 15.8. The van der Waals surface area contributed by atoms with Crippen molar-refractivity contribution >= 4 is 5.69 Å². The van der Waals surface area contributed by atoms with E-state index in [1.54, 1.807) is 5.57 Å². The molecule has 4 rings (SSSR count). The number of nitrogens with zero attached hydrogens (tertiary/aromatic N) is 2. The zero-order chi connectivity index (χ0) is 31.7. The van der Waals surface area contributed by atoms with E-state index in [0.717, 1.165) is 94.5 Å². The van der Waals surface area contributed by atoms with Gasteiger partial charge in [-0.25, -0.2) is 0 Å². The standard InChI is InChI=1S/C36H45F3N2O3/c1-35(2,3)22-20-28-11-8-23-40(24-21-28)30-12-5-4-6-13-32(26-30)44-31-17-14-27(15-18-31)9-7-10-29-16-19-34(41(42)43)33(25-29)36(37,38)39/h4,7,9,12-13,16,19-20,25-27,31H,6,8,10-11,14-15,17-18,21-24H2,1-3H3/b9-7+,28-20?,30-26+,32-13+. The molecule has 1 saturated heterocycles. The molecule has 0 unspecified atom stereocenters. The van der Waals surface area contributed by atoms with Crippen molar-refractivity contribution in [1.29, 1.82) is 0 Å². The van der Waals surface area contributed by atoms with Gasteiger partial charge in [0.05, 0.1) is 11.0 Å². The molecule has 0 bridgehead atoms. The molecule has 0 radical (unpaired) electrons. The Morgan fingerprint density at radius 1 is 1.11 bits per heavy atom. The SMILES string of the molecule is CC(C)(C)CC=C1CCCN(/C2=C/C(OC3CCC(/C=C/Cc4ccc([N+](=O)[O-])c(C(F)(F)F)c4)CC3)=C\CC=C=C2)CC1. The number of alkyl halides is 3. The third-order valence-corrected chi connectivity index (χ3v) is 8.42. The first-order chi connectivity index (χ1) is 20.9. The molecule has 1 aromatic rings. The molecule has 3 aliphatic rings. The third-order valence-electron chi connectivity index (χ3n) is 8.42. The molecule has 44 heavy (non-hydrogen) atoms. The van der Waals surface area contributed by atoms with Gasteiger partial charge in [0.1, 0.15) is 11.3 Å². The van der Waals surface area contributed by atoms with Gasteiger partial charge in [-0.1, -0.05) is 50.6 Å². The highest BCUT2D eigenvalue weighted by molar-refractivity contribution is 5.45. The van der Waals surface area contributed by atoms with Crippen molar-refractivity contribution in [3.63, 3.8) is 0 Å². The van der Waals surface area contributed by atoms with Gasteiger partial charge in [0.25, 0.3) is 5.69 Å². The van der Waals surface area contributed by atoms with Crippen LogP contribution >= 0.6 is 0 Å². The lowest BCUT2D eigenvalue weighted by molar-refractivity contribution is -0.388. The van der Waals surface area contributed by atoms with Crippen molar-refractivity contribution in [3.05, 3.63) is 105 Å². The number of hydrogen-bond acceptors (Lipinski definition) is 4. The van der Waals surface area contributed by atoms with E-state index in [2.05, 4.69) is 61.8 Å². The molecule has 2 fully saturated rings. The highest BCUT2D eigenvalue weighted by atomic mass is 19.4. The highest BCUT2D eigenvalue weighted by Crippen LogP contribution is 2.37.